The predicted octanol–water partition coefficient (Wildman–Crippen LogP) is 4.03. The highest BCUT2D eigenvalue weighted by Gasteiger charge is 2.36. The van der Waals surface area contributed by atoms with E-state index in [9.17, 15) is 13.6 Å². The van der Waals surface area contributed by atoms with E-state index in [0.29, 0.717) is 24.7 Å². The van der Waals surface area contributed by atoms with E-state index < -0.39 is 18.1 Å². The van der Waals surface area contributed by atoms with E-state index in [1.165, 1.54) is 18.3 Å². The van der Waals surface area contributed by atoms with Crippen LogP contribution in [0, 0.1) is 5.92 Å². The molecule has 1 aliphatic heterocycles. The molecule has 128 valence electrons. The largest absolute Gasteiger partial charge is 0.444 e. The molecule has 1 fully saturated rings. The van der Waals surface area contributed by atoms with Crippen LogP contribution in [0.2, 0.25) is 0 Å². The summed E-state index contributed by atoms with van der Waals surface area (Å²) in [6.45, 7) is 8.00. The summed E-state index contributed by atoms with van der Waals surface area (Å²) in [7, 11) is 0. The fraction of sp³-hybridized carbons (Fsp3) is 0.625. The maximum absolute atomic E-state index is 12.8. The Hall–Kier alpha value is -1.92. The van der Waals surface area contributed by atoms with Crippen molar-refractivity contribution in [3.05, 3.63) is 23.9 Å². The minimum atomic E-state index is -2.55. The molecule has 0 saturated carbocycles. The van der Waals surface area contributed by atoms with Crippen LogP contribution in [0.4, 0.5) is 19.4 Å². The lowest BCUT2D eigenvalue weighted by molar-refractivity contribution is 0.0239. The van der Waals surface area contributed by atoms with Crippen molar-refractivity contribution in [1.82, 2.24) is 9.88 Å². The zero-order chi connectivity index (χ0) is 17.2. The summed E-state index contributed by atoms with van der Waals surface area (Å²) < 4.78 is 31.0. The van der Waals surface area contributed by atoms with Crippen LogP contribution in [0.15, 0.2) is 18.3 Å². The standard InChI is InChI=1S/C16H23F2N3O2/c1-10-7-13(21(9-10)15(22)23-16(2,3)4)20-12-8-11(14(17)18)5-6-19-12/h5-6,8,10,13-14H,7,9H2,1-4H3,(H,19,20)/t10-,13+/m1/s1. The van der Waals surface area contributed by atoms with E-state index in [2.05, 4.69) is 10.3 Å². The van der Waals surface area contributed by atoms with Crippen molar-refractivity contribution in [2.75, 3.05) is 11.9 Å². The molecule has 1 aromatic heterocycles. The summed E-state index contributed by atoms with van der Waals surface area (Å²) in [5.41, 5.74) is -0.682. The first kappa shape index (κ1) is 17.4. The van der Waals surface area contributed by atoms with Gasteiger partial charge in [-0.2, -0.15) is 0 Å². The van der Waals surface area contributed by atoms with E-state index in [1.807, 2.05) is 6.92 Å². The molecule has 0 spiro atoms. The average Bonchev–Trinajstić information content (AvgIpc) is 2.78. The number of halogens is 2. The number of alkyl halides is 2. The first-order valence-electron chi connectivity index (χ1n) is 7.66. The molecular weight excluding hydrogens is 304 g/mol. The highest BCUT2D eigenvalue weighted by atomic mass is 19.3. The maximum atomic E-state index is 12.8. The van der Waals surface area contributed by atoms with Gasteiger partial charge in [-0.1, -0.05) is 6.92 Å². The molecule has 0 aromatic carbocycles. The van der Waals surface area contributed by atoms with E-state index >= 15 is 0 Å². The lowest BCUT2D eigenvalue weighted by Crippen LogP contribution is -2.43. The number of rotatable bonds is 3. The molecule has 2 atom stereocenters. The van der Waals surface area contributed by atoms with Gasteiger partial charge in [0.25, 0.3) is 6.43 Å². The molecule has 0 unspecified atom stereocenters. The maximum Gasteiger partial charge on any atom is 0.411 e. The van der Waals surface area contributed by atoms with Gasteiger partial charge in [-0.05, 0) is 45.2 Å². The van der Waals surface area contributed by atoms with Gasteiger partial charge in [-0.15, -0.1) is 0 Å². The average molecular weight is 327 g/mol. The van der Waals surface area contributed by atoms with Gasteiger partial charge in [-0.25, -0.2) is 18.6 Å². The Morgan fingerprint density at radius 3 is 2.78 bits per heavy atom. The smallest absolute Gasteiger partial charge is 0.411 e. The number of amides is 1. The minimum Gasteiger partial charge on any atom is -0.444 e. The molecule has 1 amide bonds. The number of nitrogens with zero attached hydrogens (tertiary/aromatic N) is 2. The van der Waals surface area contributed by atoms with Crippen LogP contribution < -0.4 is 5.32 Å². The number of carbonyl (C=O) groups is 1. The van der Waals surface area contributed by atoms with Crippen LogP contribution in [0.3, 0.4) is 0 Å². The van der Waals surface area contributed by atoms with Gasteiger partial charge < -0.3 is 10.1 Å². The Morgan fingerprint density at radius 2 is 2.17 bits per heavy atom. The van der Waals surface area contributed by atoms with Crippen LogP contribution >= 0.6 is 0 Å². The molecule has 2 rings (SSSR count). The van der Waals surface area contributed by atoms with Crippen molar-refractivity contribution in [3.63, 3.8) is 0 Å². The molecule has 0 aliphatic carbocycles. The molecule has 1 aromatic rings. The molecule has 1 aliphatic rings. The summed E-state index contributed by atoms with van der Waals surface area (Å²) in [6.07, 6.45) is -1.24. The fourth-order valence-corrected chi connectivity index (χ4v) is 2.54. The molecule has 7 heteroatoms. The van der Waals surface area contributed by atoms with Crippen LogP contribution in [-0.2, 0) is 4.74 Å². The summed E-state index contributed by atoms with van der Waals surface area (Å²) in [4.78, 5) is 18.0. The summed E-state index contributed by atoms with van der Waals surface area (Å²) in [6, 6.07) is 2.58. The van der Waals surface area contributed by atoms with Crippen LogP contribution in [0.25, 0.3) is 0 Å². The lowest BCUT2D eigenvalue weighted by Gasteiger charge is -2.29. The molecule has 1 saturated heterocycles. The number of hydrogen-bond acceptors (Lipinski definition) is 4. The van der Waals surface area contributed by atoms with Gasteiger partial charge in [0.05, 0.1) is 0 Å². The van der Waals surface area contributed by atoms with Crippen LogP contribution in [0.5, 0.6) is 0 Å². The van der Waals surface area contributed by atoms with Crippen molar-refractivity contribution >= 4 is 11.9 Å². The lowest BCUT2D eigenvalue weighted by atomic mass is 10.1. The zero-order valence-corrected chi connectivity index (χ0v) is 13.8. The molecular formula is C16H23F2N3O2. The van der Waals surface area contributed by atoms with Crippen molar-refractivity contribution in [2.45, 2.75) is 52.3 Å². The first-order chi connectivity index (χ1) is 10.7. The second-order valence-corrected chi connectivity index (χ2v) is 6.91. The topological polar surface area (TPSA) is 54.5 Å². The van der Waals surface area contributed by atoms with Gasteiger partial charge in [0, 0.05) is 18.3 Å². The third-order valence-corrected chi connectivity index (χ3v) is 3.49. The highest BCUT2D eigenvalue weighted by Crippen LogP contribution is 2.27. The van der Waals surface area contributed by atoms with Crippen molar-refractivity contribution < 1.29 is 18.3 Å². The number of nitrogens with one attached hydrogen (secondary N) is 1. The van der Waals surface area contributed by atoms with Crippen LogP contribution in [0.1, 0.15) is 46.1 Å². The third kappa shape index (κ3) is 4.77. The number of ether oxygens (including phenoxy) is 1. The van der Waals surface area contributed by atoms with Crippen LogP contribution in [-0.4, -0.2) is 34.3 Å². The molecule has 0 radical (unpaired) electrons. The Labute approximate surface area is 135 Å². The predicted molar refractivity (Wildman–Crippen MR) is 83.3 cm³/mol. The van der Waals surface area contributed by atoms with Crippen molar-refractivity contribution in [1.29, 1.82) is 0 Å². The molecule has 2 heterocycles. The first-order valence-corrected chi connectivity index (χ1v) is 7.66. The van der Waals surface area contributed by atoms with E-state index in [4.69, 9.17) is 4.74 Å². The zero-order valence-electron chi connectivity index (χ0n) is 13.8. The van der Waals surface area contributed by atoms with Gasteiger partial charge in [0.2, 0.25) is 0 Å². The Bertz CT molecular complexity index is 561. The Kier molecular flexibility index (Phi) is 5.06. The number of pyridine rings is 1. The number of hydrogen-bond donors (Lipinski definition) is 1. The van der Waals surface area contributed by atoms with Gasteiger partial charge in [0.1, 0.15) is 17.6 Å². The van der Waals surface area contributed by atoms with Gasteiger partial charge in [0.15, 0.2) is 0 Å². The molecule has 23 heavy (non-hydrogen) atoms. The van der Waals surface area contributed by atoms with E-state index in [0.717, 1.165) is 0 Å². The minimum absolute atomic E-state index is 0.0997. The summed E-state index contributed by atoms with van der Waals surface area (Å²) in [5, 5.41) is 3.06. The fourth-order valence-electron chi connectivity index (χ4n) is 2.54. The Balaban J connectivity index is 2.10. The van der Waals surface area contributed by atoms with E-state index in [1.54, 1.807) is 25.7 Å². The van der Waals surface area contributed by atoms with E-state index in [-0.39, 0.29) is 11.7 Å². The molecule has 0 bridgehead atoms. The van der Waals surface area contributed by atoms with Gasteiger partial charge in [-0.3, -0.25) is 4.90 Å². The number of aromatic nitrogens is 1. The monoisotopic (exact) mass is 327 g/mol. The second-order valence-electron chi connectivity index (χ2n) is 6.91. The third-order valence-electron chi connectivity index (χ3n) is 3.49. The quantitative estimate of drug-likeness (QED) is 0.910. The second kappa shape index (κ2) is 6.68. The molecule has 5 nitrogen and oxygen atoms in total. The Morgan fingerprint density at radius 1 is 1.48 bits per heavy atom. The van der Waals surface area contributed by atoms with Gasteiger partial charge >= 0.3 is 6.09 Å². The number of anilines is 1. The SMILES string of the molecule is C[C@@H]1C[C@@H](Nc2cc(C(F)F)ccn2)N(C(=O)OC(C)(C)C)C1. The highest BCUT2D eigenvalue weighted by molar-refractivity contribution is 5.69. The van der Waals surface area contributed by atoms with Crippen molar-refractivity contribution in [3.8, 4) is 0 Å². The number of carbonyl (C=O) groups excluding carboxylic acids is 1. The summed E-state index contributed by atoms with van der Waals surface area (Å²) >= 11 is 0. The normalized spacial score (nSPS) is 21.6. The summed E-state index contributed by atoms with van der Waals surface area (Å²) in [5.74, 6) is 0.619. The molecule has 1 N–H and O–H groups in total. The number of likely N-dealkylation sites (tertiary alicyclic amines) is 1. The van der Waals surface area contributed by atoms with Crippen molar-refractivity contribution in [2.24, 2.45) is 5.92 Å².